The summed E-state index contributed by atoms with van der Waals surface area (Å²) in [6.07, 6.45) is 2.79. The molecule has 4 unspecified atom stereocenters. The van der Waals surface area contributed by atoms with Gasteiger partial charge < -0.3 is 44.6 Å². The molecule has 18 heteroatoms. The van der Waals surface area contributed by atoms with Gasteiger partial charge in [0.15, 0.2) is 11.9 Å². The lowest BCUT2D eigenvalue weighted by Crippen LogP contribution is -2.59. The third-order valence-electron chi connectivity index (χ3n) is 8.96. The first-order valence-electron chi connectivity index (χ1n) is 19.2. The largest absolute Gasteiger partial charge is 0.370 e. The van der Waals surface area contributed by atoms with E-state index in [0.717, 1.165) is 17.9 Å². The highest BCUT2D eigenvalue weighted by Crippen LogP contribution is 2.17. The lowest BCUT2D eigenvalue weighted by atomic mass is 9.99. The molecule has 0 heterocycles. The summed E-state index contributed by atoms with van der Waals surface area (Å²) in [5.74, 6) is -5.79. The van der Waals surface area contributed by atoms with Crippen LogP contribution < -0.4 is 44.6 Å². The Labute approximate surface area is 348 Å². The maximum Gasteiger partial charge on any atom is 0.253 e. The van der Waals surface area contributed by atoms with E-state index >= 15 is 0 Å². The molecule has 0 aliphatic heterocycles. The Morgan fingerprint density at radius 3 is 1.85 bits per heavy atom. The fourth-order valence-corrected chi connectivity index (χ4v) is 6.09. The van der Waals surface area contributed by atoms with Gasteiger partial charge in [0.1, 0.15) is 30.0 Å². The van der Waals surface area contributed by atoms with Crippen molar-refractivity contribution >= 4 is 59.1 Å². The number of carbonyl (C=O) groups excluding carboxylic acids is 6. The molecule has 0 aliphatic rings. The van der Waals surface area contributed by atoms with Gasteiger partial charge in [-0.25, -0.2) is 9.38 Å². The van der Waals surface area contributed by atoms with E-state index in [0.29, 0.717) is 28.8 Å². The Morgan fingerprint density at radius 1 is 0.717 bits per heavy atom. The smallest absolute Gasteiger partial charge is 0.253 e. The van der Waals surface area contributed by atoms with Crippen molar-refractivity contribution in [3.05, 3.63) is 107 Å². The SMILES string of the molecule is CC(=O)N(C(=O)/C=C/c1ccccc1)C(Cc1ccc(F)cc1)C(=O)NC(Cc1ccc(N=C(N)N)cc1)C(=O)NC(CC(C)C)C(=O)NC(CCCN=C(N)N)C(N)=O. The molecule has 0 fully saturated rings. The fourth-order valence-electron chi connectivity index (χ4n) is 6.09. The predicted molar refractivity (Wildman–Crippen MR) is 227 cm³/mol. The molecule has 0 radical (unpaired) electrons. The molecular formula is C42H54FN11O6. The fraction of sp³-hybridized carbons (Fsp3) is 0.333. The topological polar surface area (TPSA) is 297 Å². The van der Waals surface area contributed by atoms with Crippen LogP contribution in [-0.4, -0.2) is 83.0 Å². The summed E-state index contributed by atoms with van der Waals surface area (Å²) in [5, 5.41) is 8.03. The van der Waals surface area contributed by atoms with Crippen LogP contribution in [0.1, 0.15) is 56.7 Å². The number of nitrogens with zero attached hydrogens (tertiary/aromatic N) is 3. The third kappa shape index (κ3) is 16.0. The first kappa shape index (κ1) is 47.3. The van der Waals surface area contributed by atoms with Crippen molar-refractivity contribution < 1.29 is 33.2 Å². The zero-order valence-electron chi connectivity index (χ0n) is 33.8. The minimum absolute atomic E-state index is 0.107. The number of carbonyl (C=O) groups is 6. The number of hydrogen-bond donors (Lipinski definition) is 8. The van der Waals surface area contributed by atoms with E-state index in [2.05, 4.69) is 25.9 Å². The average Bonchev–Trinajstić information content (AvgIpc) is 3.18. The Kier molecular flexibility index (Phi) is 18.4. The molecule has 3 rings (SSSR count). The quantitative estimate of drug-likeness (QED) is 0.0326. The summed E-state index contributed by atoms with van der Waals surface area (Å²) >= 11 is 0. The van der Waals surface area contributed by atoms with E-state index < -0.39 is 65.4 Å². The van der Waals surface area contributed by atoms with Crippen molar-refractivity contribution in [3.63, 3.8) is 0 Å². The second kappa shape index (κ2) is 23.3. The number of halogens is 1. The van der Waals surface area contributed by atoms with Crippen LogP contribution in [0.3, 0.4) is 0 Å². The molecule has 0 bridgehead atoms. The Hall–Kier alpha value is -7.11. The van der Waals surface area contributed by atoms with Gasteiger partial charge in [-0.2, -0.15) is 0 Å². The van der Waals surface area contributed by atoms with E-state index in [1.165, 1.54) is 30.3 Å². The summed E-state index contributed by atoms with van der Waals surface area (Å²) < 4.78 is 13.9. The Balaban J connectivity index is 2.02. The maximum atomic E-state index is 14.5. The maximum absolute atomic E-state index is 14.5. The van der Waals surface area contributed by atoms with Crippen LogP contribution in [-0.2, 0) is 41.6 Å². The molecule has 3 aromatic rings. The lowest BCUT2D eigenvalue weighted by molar-refractivity contribution is -0.148. The monoisotopic (exact) mass is 827 g/mol. The highest BCUT2D eigenvalue weighted by Gasteiger charge is 2.36. The second-order valence-corrected chi connectivity index (χ2v) is 14.4. The number of guanidine groups is 2. The van der Waals surface area contributed by atoms with E-state index in [-0.39, 0.29) is 50.1 Å². The van der Waals surface area contributed by atoms with Gasteiger partial charge in [0.2, 0.25) is 29.5 Å². The molecular weight excluding hydrogens is 774 g/mol. The highest BCUT2D eigenvalue weighted by molar-refractivity contribution is 6.06. The van der Waals surface area contributed by atoms with Crippen molar-refractivity contribution in [2.75, 3.05) is 6.54 Å². The van der Waals surface area contributed by atoms with Gasteiger partial charge >= 0.3 is 0 Å². The van der Waals surface area contributed by atoms with Crippen LogP contribution >= 0.6 is 0 Å². The molecule has 320 valence electrons. The molecule has 0 saturated heterocycles. The van der Waals surface area contributed by atoms with Crippen LogP contribution in [0.25, 0.3) is 6.08 Å². The summed E-state index contributed by atoms with van der Waals surface area (Å²) in [6, 6.07) is 15.2. The van der Waals surface area contributed by atoms with Crippen LogP contribution in [0.5, 0.6) is 0 Å². The van der Waals surface area contributed by atoms with E-state index in [1.54, 1.807) is 54.6 Å². The Bertz CT molecular complexity index is 2030. The van der Waals surface area contributed by atoms with E-state index in [4.69, 9.17) is 28.7 Å². The predicted octanol–water partition coefficient (Wildman–Crippen LogP) is 1.01. The first-order chi connectivity index (χ1) is 28.4. The van der Waals surface area contributed by atoms with Gasteiger partial charge in [-0.05, 0) is 72.2 Å². The summed E-state index contributed by atoms with van der Waals surface area (Å²) in [4.78, 5) is 90.4. The molecule has 0 saturated carbocycles. The zero-order valence-corrected chi connectivity index (χ0v) is 33.8. The minimum Gasteiger partial charge on any atom is -0.370 e. The third-order valence-corrected chi connectivity index (χ3v) is 8.96. The molecule has 17 nitrogen and oxygen atoms in total. The summed E-state index contributed by atoms with van der Waals surface area (Å²) in [6.45, 7) is 4.95. The second-order valence-electron chi connectivity index (χ2n) is 14.4. The molecule has 0 aromatic heterocycles. The molecule has 0 spiro atoms. The highest BCUT2D eigenvalue weighted by atomic mass is 19.1. The van der Waals surface area contributed by atoms with Crippen LogP contribution in [0, 0.1) is 11.7 Å². The average molecular weight is 828 g/mol. The zero-order chi connectivity index (χ0) is 44.4. The van der Waals surface area contributed by atoms with Crippen LogP contribution in [0.4, 0.5) is 10.1 Å². The van der Waals surface area contributed by atoms with Gasteiger partial charge in [0.05, 0.1) is 5.69 Å². The van der Waals surface area contributed by atoms with Crippen molar-refractivity contribution in [1.82, 2.24) is 20.9 Å². The molecule has 4 atom stereocenters. The van der Waals surface area contributed by atoms with Crippen LogP contribution in [0.2, 0.25) is 0 Å². The number of hydrogen-bond acceptors (Lipinski definition) is 8. The van der Waals surface area contributed by atoms with Gasteiger partial charge in [-0.1, -0.05) is 68.4 Å². The number of benzene rings is 3. The first-order valence-corrected chi connectivity index (χ1v) is 19.2. The van der Waals surface area contributed by atoms with Crippen molar-refractivity contribution in [2.45, 2.75) is 77.0 Å². The van der Waals surface area contributed by atoms with Gasteiger partial charge in [0.25, 0.3) is 5.91 Å². The number of nitrogens with one attached hydrogen (secondary N) is 3. The Morgan fingerprint density at radius 2 is 1.28 bits per heavy atom. The number of imide groups is 1. The normalized spacial score (nSPS) is 12.9. The number of rotatable bonds is 21. The molecule has 60 heavy (non-hydrogen) atoms. The molecule has 0 aliphatic carbocycles. The van der Waals surface area contributed by atoms with Crippen molar-refractivity contribution in [3.8, 4) is 0 Å². The summed E-state index contributed by atoms with van der Waals surface area (Å²) in [7, 11) is 0. The molecule has 3 aromatic carbocycles. The van der Waals surface area contributed by atoms with Gasteiger partial charge in [0, 0.05) is 32.4 Å². The lowest BCUT2D eigenvalue weighted by Gasteiger charge is -2.30. The van der Waals surface area contributed by atoms with Crippen molar-refractivity contribution in [1.29, 1.82) is 0 Å². The van der Waals surface area contributed by atoms with Gasteiger partial charge in [-0.15, -0.1) is 0 Å². The van der Waals surface area contributed by atoms with Crippen molar-refractivity contribution in [2.24, 2.45) is 44.6 Å². The van der Waals surface area contributed by atoms with Gasteiger partial charge in [-0.3, -0.25) is 38.7 Å². The number of aliphatic imine (C=N–C) groups is 2. The summed E-state index contributed by atoms with van der Waals surface area (Å²) in [5.41, 5.74) is 29.4. The molecule has 6 amide bonds. The van der Waals surface area contributed by atoms with E-state index in [1.807, 2.05) is 13.8 Å². The number of nitrogens with two attached hydrogens (primary N) is 5. The molecule has 13 N–H and O–H groups in total. The minimum atomic E-state index is -1.52. The standard InChI is InChI=1S/C42H54FN11O6/c1-25(2)22-33(38(58)51-32(37(44)57)10-7-21-49-41(45)46)52-39(59)34(23-28-13-18-31(19-14-28)50-42(47)48)53-40(60)35(24-29-11-16-30(43)17-12-29)54(26(3)55)36(56)20-15-27-8-5-4-6-9-27/h4-6,8-9,11-20,25,32-35H,7,10,21-24H2,1-3H3,(H2,44,57)(H,51,58)(H,52,59)(H,53,60)(H4,45,46,49)(H4,47,48,50)/b20-15+. The number of primary amides is 1. The van der Waals surface area contributed by atoms with Crippen LogP contribution in [0.15, 0.2) is 94.9 Å². The van der Waals surface area contributed by atoms with E-state index in [9.17, 15) is 33.2 Å². The number of amides is 6.